The summed E-state index contributed by atoms with van der Waals surface area (Å²) in [7, 11) is 0. The number of anilines is 1. The van der Waals surface area contributed by atoms with Gasteiger partial charge >= 0.3 is 0 Å². The zero-order valence-electron chi connectivity index (χ0n) is 16.9. The minimum Gasteiger partial charge on any atom is -0.311 e. The standard InChI is InChI=1S/C22H25N3O2S/c1-14-6-11-18(15(2)12-14)25-13-19(26)28-21(25)24-23-20(27)16-7-9-17(10-8-16)22(3,4)5/h6-12H,13H2,1-5H3,(H,23,27). The number of thioether (sulfide) groups is 1. The van der Waals surface area contributed by atoms with Crippen LogP contribution in [0.2, 0.25) is 0 Å². The van der Waals surface area contributed by atoms with E-state index < -0.39 is 0 Å². The van der Waals surface area contributed by atoms with Gasteiger partial charge < -0.3 is 4.90 Å². The fourth-order valence-corrected chi connectivity index (χ4v) is 3.81. The highest BCUT2D eigenvalue weighted by atomic mass is 32.2. The SMILES string of the molecule is Cc1ccc(N2CC(=O)SC2=NNC(=O)c2ccc(C(C)(C)C)cc2)c(C)c1. The highest BCUT2D eigenvalue weighted by molar-refractivity contribution is 8.27. The minimum absolute atomic E-state index is 0.00232. The van der Waals surface area contributed by atoms with E-state index in [4.69, 9.17) is 0 Å². The molecule has 28 heavy (non-hydrogen) atoms. The first-order chi connectivity index (χ1) is 13.1. The van der Waals surface area contributed by atoms with Crippen LogP contribution in [-0.2, 0) is 10.2 Å². The number of aryl methyl sites for hydroxylation is 2. The Bertz CT molecular complexity index is 943. The molecule has 1 aliphatic rings. The molecular formula is C22H25N3O2S. The topological polar surface area (TPSA) is 61.8 Å². The van der Waals surface area contributed by atoms with Crippen molar-refractivity contribution in [3.8, 4) is 0 Å². The molecule has 1 fully saturated rings. The first-order valence-electron chi connectivity index (χ1n) is 9.19. The maximum atomic E-state index is 12.5. The van der Waals surface area contributed by atoms with Gasteiger partial charge in [0.2, 0.25) is 5.12 Å². The van der Waals surface area contributed by atoms with E-state index in [1.807, 2.05) is 43.0 Å². The van der Waals surface area contributed by atoms with Crippen molar-refractivity contribution >= 4 is 33.6 Å². The van der Waals surface area contributed by atoms with Gasteiger partial charge in [0.05, 0.1) is 6.54 Å². The van der Waals surface area contributed by atoms with Gasteiger partial charge in [-0.1, -0.05) is 50.6 Å². The third kappa shape index (κ3) is 4.44. The van der Waals surface area contributed by atoms with E-state index >= 15 is 0 Å². The van der Waals surface area contributed by atoms with Crippen LogP contribution in [0, 0.1) is 13.8 Å². The fourth-order valence-electron chi connectivity index (χ4n) is 3.05. The molecule has 0 atom stereocenters. The van der Waals surface area contributed by atoms with Gasteiger partial charge in [0.15, 0.2) is 5.17 Å². The Kier molecular flexibility index (Phi) is 5.61. The summed E-state index contributed by atoms with van der Waals surface area (Å²) in [6, 6.07) is 13.6. The number of hydrogen-bond acceptors (Lipinski definition) is 4. The first kappa shape index (κ1) is 20.1. The second-order valence-corrected chi connectivity index (χ2v) is 9.04. The number of hydrogen-bond donors (Lipinski definition) is 1. The second-order valence-electron chi connectivity index (χ2n) is 8.01. The van der Waals surface area contributed by atoms with Crippen molar-refractivity contribution in [1.82, 2.24) is 5.43 Å². The van der Waals surface area contributed by atoms with E-state index in [1.54, 1.807) is 12.1 Å². The summed E-state index contributed by atoms with van der Waals surface area (Å²) in [6.45, 7) is 10.7. The van der Waals surface area contributed by atoms with Gasteiger partial charge in [-0.3, -0.25) is 9.59 Å². The van der Waals surface area contributed by atoms with Crippen molar-refractivity contribution in [3.05, 3.63) is 64.7 Å². The monoisotopic (exact) mass is 395 g/mol. The van der Waals surface area contributed by atoms with Gasteiger partial charge in [-0.15, -0.1) is 5.10 Å². The molecule has 6 heteroatoms. The van der Waals surface area contributed by atoms with Gasteiger partial charge in [0.25, 0.3) is 5.91 Å². The molecule has 0 aliphatic carbocycles. The van der Waals surface area contributed by atoms with Crippen LogP contribution < -0.4 is 10.3 Å². The number of amides is 1. The van der Waals surface area contributed by atoms with Crippen molar-refractivity contribution in [3.63, 3.8) is 0 Å². The maximum Gasteiger partial charge on any atom is 0.271 e. The molecule has 0 saturated carbocycles. The van der Waals surface area contributed by atoms with Crippen molar-refractivity contribution in [2.45, 2.75) is 40.0 Å². The minimum atomic E-state index is -0.298. The molecule has 5 nitrogen and oxygen atoms in total. The zero-order chi connectivity index (χ0) is 20.5. The van der Waals surface area contributed by atoms with Crippen molar-refractivity contribution in [2.75, 3.05) is 11.4 Å². The molecule has 0 unspecified atom stereocenters. The summed E-state index contributed by atoms with van der Waals surface area (Å²) in [5.41, 5.74) is 7.45. The molecule has 2 aromatic carbocycles. The van der Waals surface area contributed by atoms with Crippen LogP contribution in [-0.4, -0.2) is 22.7 Å². The lowest BCUT2D eigenvalue weighted by atomic mass is 9.87. The summed E-state index contributed by atoms with van der Waals surface area (Å²) in [5.74, 6) is -0.298. The van der Waals surface area contributed by atoms with Crippen molar-refractivity contribution in [2.24, 2.45) is 5.10 Å². The summed E-state index contributed by atoms with van der Waals surface area (Å²) in [4.78, 5) is 26.3. The van der Waals surface area contributed by atoms with E-state index in [9.17, 15) is 9.59 Å². The van der Waals surface area contributed by atoms with Crippen LogP contribution in [0.25, 0.3) is 0 Å². The van der Waals surface area contributed by atoms with Crippen LogP contribution in [0.1, 0.15) is 47.8 Å². The summed E-state index contributed by atoms with van der Waals surface area (Å²) < 4.78 is 0. The molecule has 1 amide bonds. The number of benzene rings is 2. The van der Waals surface area contributed by atoms with Crippen molar-refractivity contribution in [1.29, 1.82) is 0 Å². The molecule has 1 aliphatic heterocycles. The number of amidine groups is 1. The summed E-state index contributed by atoms with van der Waals surface area (Å²) >= 11 is 1.05. The van der Waals surface area contributed by atoms with Crippen molar-refractivity contribution < 1.29 is 9.59 Å². The summed E-state index contributed by atoms with van der Waals surface area (Å²) in [6.07, 6.45) is 0. The molecular weight excluding hydrogens is 370 g/mol. The molecule has 1 saturated heterocycles. The van der Waals surface area contributed by atoms with Gasteiger partial charge in [-0.2, -0.15) is 0 Å². The third-order valence-electron chi connectivity index (χ3n) is 4.63. The van der Waals surface area contributed by atoms with Crippen LogP contribution in [0.15, 0.2) is 47.6 Å². The third-order valence-corrected chi connectivity index (χ3v) is 5.48. The van der Waals surface area contributed by atoms with Gasteiger partial charge in [-0.05, 0) is 60.4 Å². The number of rotatable bonds is 3. The lowest BCUT2D eigenvalue weighted by Gasteiger charge is -2.20. The molecule has 3 rings (SSSR count). The van der Waals surface area contributed by atoms with Gasteiger partial charge in [0, 0.05) is 11.3 Å². The van der Waals surface area contributed by atoms with E-state index in [1.165, 1.54) is 0 Å². The second kappa shape index (κ2) is 7.80. The normalized spacial score (nSPS) is 16.0. The van der Waals surface area contributed by atoms with E-state index in [-0.39, 0.29) is 23.0 Å². The largest absolute Gasteiger partial charge is 0.311 e. The molecule has 2 aromatic rings. The van der Waals surface area contributed by atoms with Crippen LogP contribution in [0.5, 0.6) is 0 Å². The number of carbonyl (C=O) groups excluding carboxylic acids is 2. The molecule has 0 aromatic heterocycles. The molecule has 0 bridgehead atoms. The highest BCUT2D eigenvalue weighted by Crippen LogP contribution is 2.29. The predicted octanol–water partition coefficient (Wildman–Crippen LogP) is 4.38. The molecule has 1 heterocycles. The quantitative estimate of drug-likeness (QED) is 0.784. The Hall–Kier alpha value is -2.60. The molecule has 0 spiro atoms. The Morgan fingerprint density at radius 2 is 1.79 bits per heavy atom. The average molecular weight is 396 g/mol. The number of nitrogens with zero attached hydrogens (tertiary/aromatic N) is 2. The lowest BCUT2D eigenvalue weighted by Crippen LogP contribution is -2.28. The summed E-state index contributed by atoms with van der Waals surface area (Å²) in [5, 5.41) is 4.71. The van der Waals surface area contributed by atoms with Gasteiger partial charge in [0.1, 0.15) is 0 Å². The fraction of sp³-hybridized carbons (Fsp3) is 0.318. The number of carbonyl (C=O) groups is 2. The Morgan fingerprint density at radius 1 is 1.11 bits per heavy atom. The molecule has 1 N–H and O–H groups in total. The van der Waals surface area contributed by atoms with Crippen LogP contribution in [0.4, 0.5) is 5.69 Å². The smallest absolute Gasteiger partial charge is 0.271 e. The molecule has 146 valence electrons. The zero-order valence-corrected chi connectivity index (χ0v) is 17.7. The van der Waals surface area contributed by atoms with Gasteiger partial charge in [-0.25, -0.2) is 5.43 Å². The predicted molar refractivity (Wildman–Crippen MR) is 116 cm³/mol. The van der Waals surface area contributed by atoms with Crippen LogP contribution >= 0.6 is 11.8 Å². The van der Waals surface area contributed by atoms with Crippen LogP contribution in [0.3, 0.4) is 0 Å². The Balaban J connectivity index is 1.78. The molecule has 0 radical (unpaired) electrons. The first-order valence-corrected chi connectivity index (χ1v) is 10.0. The number of hydrazone groups is 1. The Morgan fingerprint density at radius 3 is 2.39 bits per heavy atom. The van der Waals surface area contributed by atoms with E-state index in [0.29, 0.717) is 10.7 Å². The van der Waals surface area contributed by atoms with E-state index in [0.717, 1.165) is 34.1 Å². The maximum absolute atomic E-state index is 12.5. The van der Waals surface area contributed by atoms with E-state index in [2.05, 4.69) is 37.4 Å². The highest BCUT2D eigenvalue weighted by Gasteiger charge is 2.29. The number of nitrogens with one attached hydrogen (secondary N) is 1. The average Bonchev–Trinajstić information content (AvgIpc) is 2.99. The lowest BCUT2D eigenvalue weighted by molar-refractivity contribution is -0.109. The Labute approximate surface area is 170 Å².